The predicted molar refractivity (Wildman–Crippen MR) is 85.3 cm³/mol. The van der Waals surface area contributed by atoms with E-state index in [2.05, 4.69) is 5.10 Å². The summed E-state index contributed by atoms with van der Waals surface area (Å²) in [6.07, 6.45) is 3.60. The predicted octanol–water partition coefficient (Wildman–Crippen LogP) is 2.99. The number of hydrogen-bond acceptors (Lipinski definition) is 4. The molecule has 0 aliphatic rings. The average Bonchev–Trinajstić information content (AvgIpc) is 3.14. The van der Waals surface area contributed by atoms with Gasteiger partial charge in [0.15, 0.2) is 6.61 Å². The van der Waals surface area contributed by atoms with E-state index in [-0.39, 0.29) is 13.2 Å². The fourth-order valence-corrected chi connectivity index (χ4v) is 2.03. The third-order valence-electron chi connectivity index (χ3n) is 3.20. The van der Waals surface area contributed by atoms with Crippen LogP contribution in [0.4, 0.5) is 0 Å². The number of benzene rings is 2. The van der Waals surface area contributed by atoms with Crippen LogP contribution in [0.5, 0.6) is 5.75 Å². The summed E-state index contributed by atoms with van der Waals surface area (Å²) < 4.78 is 12.3. The molecule has 0 fully saturated rings. The van der Waals surface area contributed by atoms with Crippen LogP contribution in [0, 0.1) is 0 Å². The Hall–Kier alpha value is -3.08. The minimum absolute atomic E-state index is 0.102. The Labute approximate surface area is 134 Å². The molecule has 0 saturated carbocycles. The zero-order chi connectivity index (χ0) is 15.9. The molecule has 0 unspecified atom stereocenters. The molecule has 0 radical (unpaired) electrons. The Kier molecular flexibility index (Phi) is 4.69. The highest BCUT2D eigenvalue weighted by atomic mass is 16.6. The van der Waals surface area contributed by atoms with E-state index >= 15 is 0 Å². The van der Waals surface area contributed by atoms with Crippen LogP contribution in [0.1, 0.15) is 5.56 Å². The van der Waals surface area contributed by atoms with Crippen molar-refractivity contribution in [1.29, 1.82) is 0 Å². The van der Waals surface area contributed by atoms with Gasteiger partial charge >= 0.3 is 5.97 Å². The smallest absolute Gasteiger partial charge is 0.344 e. The van der Waals surface area contributed by atoms with Gasteiger partial charge in [0.2, 0.25) is 0 Å². The average molecular weight is 308 g/mol. The van der Waals surface area contributed by atoms with Crippen molar-refractivity contribution in [2.24, 2.45) is 0 Å². The van der Waals surface area contributed by atoms with Gasteiger partial charge in [0.1, 0.15) is 12.4 Å². The fraction of sp³-hybridized carbons (Fsp3) is 0.111. The number of hydrogen-bond donors (Lipinski definition) is 0. The topological polar surface area (TPSA) is 53.4 Å². The van der Waals surface area contributed by atoms with Crippen LogP contribution in [0.15, 0.2) is 73.1 Å². The molecule has 0 aliphatic carbocycles. The molecule has 1 heterocycles. The molecule has 3 rings (SSSR count). The van der Waals surface area contributed by atoms with Crippen LogP contribution in [-0.2, 0) is 16.1 Å². The summed E-state index contributed by atoms with van der Waals surface area (Å²) in [4.78, 5) is 11.7. The molecule has 0 amide bonds. The van der Waals surface area contributed by atoms with Crippen LogP contribution < -0.4 is 4.74 Å². The summed E-state index contributed by atoms with van der Waals surface area (Å²) in [7, 11) is 0. The number of aromatic nitrogens is 2. The number of ether oxygens (including phenoxy) is 2. The number of carbonyl (C=O) groups excluding carboxylic acids is 1. The second-order valence-corrected chi connectivity index (χ2v) is 4.88. The molecule has 0 N–H and O–H groups in total. The lowest BCUT2D eigenvalue weighted by Crippen LogP contribution is -2.14. The summed E-state index contributed by atoms with van der Waals surface area (Å²) in [5.41, 5.74) is 1.87. The number of rotatable bonds is 6. The summed E-state index contributed by atoms with van der Waals surface area (Å²) in [6.45, 7) is 0.117. The lowest BCUT2D eigenvalue weighted by molar-refractivity contribution is -0.147. The van der Waals surface area contributed by atoms with E-state index in [1.54, 1.807) is 23.0 Å². The lowest BCUT2D eigenvalue weighted by Gasteiger charge is -2.08. The highest BCUT2D eigenvalue weighted by Crippen LogP contribution is 2.10. The molecule has 0 spiro atoms. The van der Waals surface area contributed by atoms with E-state index in [4.69, 9.17) is 9.47 Å². The molecule has 5 heteroatoms. The first kappa shape index (κ1) is 14.8. The van der Waals surface area contributed by atoms with Crippen molar-refractivity contribution in [3.63, 3.8) is 0 Å². The molecule has 23 heavy (non-hydrogen) atoms. The van der Waals surface area contributed by atoms with Crippen LogP contribution in [0.25, 0.3) is 5.69 Å². The van der Waals surface area contributed by atoms with Gasteiger partial charge in [0.25, 0.3) is 0 Å². The zero-order valence-corrected chi connectivity index (χ0v) is 12.5. The molecule has 116 valence electrons. The van der Waals surface area contributed by atoms with Gasteiger partial charge in [-0.25, -0.2) is 9.48 Å². The number of nitrogens with zero attached hydrogens (tertiary/aromatic N) is 2. The van der Waals surface area contributed by atoms with Crippen LogP contribution in [0.3, 0.4) is 0 Å². The molecule has 1 aromatic heterocycles. The van der Waals surface area contributed by atoms with Crippen molar-refractivity contribution in [3.8, 4) is 11.4 Å². The van der Waals surface area contributed by atoms with Gasteiger partial charge < -0.3 is 9.47 Å². The van der Waals surface area contributed by atoms with Crippen molar-refractivity contribution < 1.29 is 14.3 Å². The second-order valence-electron chi connectivity index (χ2n) is 4.88. The van der Waals surface area contributed by atoms with Crippen molar-refractivity contribution in [2.75, 3.05) is 6.61 Å². The molecule has 0 atom stereocenters. The van der Waals surface area contributed by atoms with Gasteiger partial charge in [-0.15, -0.1) is 0 Å². The maximum absolute atomic E-state index is 11.7. The SMILES string of the molecule is O=C(COc1ccccc1)OCc1ccc(-n2cccn2)cc1. The van der Waals surface area contributed by atoms with Gasteiger partial charge in [-0.3, -0.25) is 0 Å². The Balaban J connectivity index is 1.47. The monoisotopic (exact) mass is 308 g/mol. The third kappa shape index (κ3) is 4.20. The van der Waals surface area contributed by atoms with Gasteiger partial charge in [-0.1, -0.05) is 30.3 Å². The molecule has 3 aromatic rings. The van der Waals surface area contributed by atoms with Crippen molar-refractivity contribution in [3.05, 3.63) is 78.6 Å². The van der Waals surface area contributed by atoms with Crippen molar-refractivity contribution in [1.82, 2.24) is 9.78 Å². The number of esters is 1. The van der Waals surface area contributed by atoms with E-state index in [1.807, 2.05) is 54.7 Å². The molecular formula is C18H16N2O3. The summed E-state index contributed by atoms with van der Waals surface area (Å²) in [5, 5.41) is 4.16. The van der Waals surface area contributed by atoms with E-state index < -0.39 is 5.97 Å². The Morgan fingerprint density at radius 3 is 2.48 bits per heavy atom. The molecule has 0 aliphatic heterocycles. The molecular weight excluding hydrogens is 292 g/mol. The number of carbonyl (C=O) groups is 1. The van der Waals surface area contributed by atoms with Crippen molar-refractivity contribution in [2.45, 2.75) is 6.61 Å². The van der Waals surface area contributed by atoms with E-state index in [1.165, 1.54) is 0 Å². The zero-order valence-electron chi connectivity index (χ0n) is 12.5. The largest absolute Gasteiger partial charge is 0.482 e. The third-order valence-corrected chi connectivity index (χ3v) is 3.20. The Morgan fingerprint density at radius 2 is 1.78 bits per heavy atom. The van der Waals surface area contributed by atoms with Gasteiger partial charge in [-0.05, 0) is 35.9 Å². The quantitative estimate of drug-likeness (QED) is 0.657. The molecule has 0 saturated heterocycles. The minimum atomic E-state index is -0.398. The maximum atomic E-state index is 11.7. The Morgan fingerprint density at radius 1 is 1.00 bits per heavy atom. The first-order valence-corrected chi connectivity index (χ1v) is 7.24. The molecule has 0 bridgehead atoms. The fourth-order valence-electron chi connectivity index (χ4n) is 2.03. The summed E-state index contributed by atoms with van der Waals surface area (Å²) in [5.74, 6) is 0.248. The highest BCUT2D eigenvalue weighted by Gasteiger charge is 2.05. The van der Waals surface area contributed by atoms with Crippen molar-refractivity contribution >= 4 is 5.97 Å². The van der Waals surface area contributed by atoms with Crippen LogP contribution in [-0.4, -0.2) is 22.4 Å². The van der Waals surface area contributed by atoms with E-state index in [0.717, 1.165) is 11.3 Å². The standard InChI is InChI=1S/C18H16N2O3/c21-18(14-22-17-5-2-1-3-6-17)23-13-15-7-9-16(10-8-15)20-12-4-11-19-20/h1-12H,13-14H2. The summed E-state index contributed by atoms with van der Waals surface area (Å²) >= 11 is 0. The van der Waals surface area contributed by atoms with Gasteiger partial charge in [0.05, 0.1) is 5.69 Å². The lowest BCUT2D eigenvalue weighted by atomic mass is 10.2. The first-order chi connectivity index (χ1) is 11.3. The van der Waals surface area contributed by atoms with Gasteiger partial charge in [-0.2, -0.15) is 5.10 Å². The molecule has 2 aromatic carbocycles. The van der Waals surface area contributed by atoms with Crippen LogP contribution >= 0.6 is 0 Å². The van der Waals surface area contributed by atoms with E-state index in [0.29, 0.717) is 5.75 Å². The van der Waals surface area contributed by atoms with E-state index in [9.17, 15) is 4.79 Å². The van der Waals surface area contributed by atoms with Crippen LogP contribution in [0.2, 0.25) is 0 Å². The minimum Gasteiger partial charge on any atom is -0.482 e. The number of para-hydroxylation sites is 1. The Bertz CT molecular complexity index is 738. The maximum Gasteiger partial charge on any atom is 0.344 e. The molecule has 5 nitrogen and oxygen atoms in total. The second kappa shape index (κ2) is 7.26. The summed E-state index contributed by atoms with van der Waals surface area (Å²) in [6, 6.07) is 18.7. The highest BCUT2D eigenvalue weighted by molar-refractivity contribution is 5.71. The van der Waals surface area contributed by atoms with Gasteiger partial charge in [0, 0.05) is 12.4 Å². The first-order valence-electron chi connectivity index (χ1n) is 7.24. The normalized spacial score (nSPS) is 10.3.